The average Bonchev–Trinajstić information content (AvgIpc) is 2.74. The third-order valence-corrected chi connectivity index (χ3v) is 3.31. The smallest absolute Gasteiger partial charge is 0.313 e. The highest BCUT2D eigenvalue weighted by molar-refractivity contribution is 7.99. The third-order valence-electron chi connectivity index (χ3n) is 2.36. The molecule has 0 aliphatic heterocycles. The molecule has 0 saturated heterocycles. The number of aromatic nitrogens is 2. The maximum absolute atomic E-state index is 13.8. The molecule has 0 amide bonds. The number of carboxylic acid groups (broad SMARTS) is 1. The highest BCUT2D eigenvalue weighted by Gasteiger charge is 2.13. The minimum atomic E-state index is -0.931. The number of hydrogen-bond donors (Lipinski definition) is 1. The molecule has 2 rings (SSSR count). The molecule has 1 N–H and O–H groups in total. The fourth-order valence-corrected chi connectivity index (χ4v) is 2.30. The Labute approximate surface area is 107 Å². The van der Waals surface area contributed by atoms with Gasteiger partial charge in [0.1, 0.15) is 5.82 Å². The summed E-state index contributed by atoms with van der Waals surface area (Å²) in [6.07, 6.45) is 3.14. The van der Waals surface area contributed by atoms with E-state index in [2.05, 4.69) is 4.98 Å². The molecule has 0 aliphatic carbocycles. The summed E-state index contributed by atoms with van der Waals surface area (Å²) in [6, 6.07) is 4.80. The Balaban J connectivity index is 2.39. The zero-order chi connectivity index (χ0) is 13.1. The van der Waals surface area contributed by atoms with Crippen molar-refractivity contribution in [3.63, 3.8) is 0 Å². The number of carboxylic acids is 1. The van der Waals surface area contributed by atoms with E-state index >= 15 is 0 Å². The molecule has 1 aromatic carbocycles. The van der Waals surface area contributed by atoms with Gasteiger partial charge in [0.25, 0.3) is 0 Å². The number of aryl methyl sites for hydroxylation is 1. The number of thioether (sulfide) groups is 1. The van der Waals surface area contributed by atoms with Gasteiger partial charge in [0.05, 0.1) is 11.4 Å². The third kappa shape index (κ3) is 2.53. The summed E-state index contributed by atoms with van der Waals surface area (Å²) in [6.45, 7) is 1.80. The molecule has 2 aromatic rings. The predicted octanol–water partition coefficient (Wildman–Crippen LogP) is 2.50. The molecule has 0 fully saturated rings. The van der Waals surface area contributed by atoms with Crippen molar-refractivity contribution in [2.45, 2.75) is 12.1 Å². The number of halogens is 1. The van der Waals surface area contributed by atoms with Gasteiger partial charge in [0, 0.05) is 12.4 Å². The summed E-state index contributed by atoms with van der Waals surface area (Å²) in [4.78, 5) is 14.6. The Morgan fingerprint density at radius 2 is 2.33 bits per heavy atom. The number of nitrogens with zero attached hydrogens (tertiary/aromatic N) is 2. The van der Waals surface area contributed by atoms with Crippen molar-refractivity contribution in [1.29, 1.82) is 0 Å². The maximum Gasteiger partial charge on any atom is 0.313 e. The number of hydrogen-bond acceptors (Lipinski definition) is 3. The quantitative estimate of drug-likeness (QED) is 0.864. The molecule has 1 aromatic heterocycles. The van der Waals surface area contributed by atoms with Crippen LogP contribution in [0.25, 0.3) is 5.69 Å². The van der Waals surface area contributed by atoms with Gasteiger partial charge in [-0.25, -0.2) is 9.37 Å². The van der Waals surface area contributed by atoms with Crippen LogP contribution in [-0.4, -0.2) is 26.4 Å². The van der Waals surface area contributed by atoms with Crippen molar-refractivity contribution in [3.05, 3.63) is 42.0 Å². The minimum Gasteiger partial charge on any atom is -0.481 e. The van der Waals surface area contributed by atoms with Crippen LogP contribution in [0.2, 0.25) is 0 Å². The Bertz CT molecular complexity index is 563. The normalized spacial score (nSPS) is 10.6. The standard InChI is InChI=1S/C12H11FN2O2S/c1-8-3-2-4-9(13)11(8)15-6-5-14-12(15)18-7-10(16)17/h2-6H,7H2,1H3,(H,16,17). The molecule has 0 aliphatic rings. The van der Waals surface area contributed by atoms with Crippen LogP contribution in [0.1, 0.15) is 5.56 Å². The second kappa shape index (κ2) is 5.22. The van der Waals surface area contributed by atoms with Gasteiger partial charge in [-0.2, -0.15) is 0 Å². The maximum atomic E-state index is 13.8. The van der Waals surface area contributed by atoms with E-state index in [4.69, 9.17) is 5.11 Å². The highest BCUT2D eigenvalue weighted by atomic mass is 32.2. The molecule has 94 valence electrons. The van der Waals surface area contributed by atoms with E-state index in [9.17, 15) is 9.18 Å². The van der Waals surface area contributed by atoms with E-state index in [1.807, 2.05) is 0 Å². The molecule has 1 heterocycles. The molecular weight excluding hydrogens is 255 g/mol. The lowest BCUT2D eigenvalue weighted by Gasteiger charge is -2.10. The lowest BCUT2D eigenvalue weighted by Crippen LogP contribution is -2.04. The first kappa shape index (κ1) is 12.6. The first-order valence-electron chi connectivity index (χ1n) is 5.23. The molecule has 6 heteroatoms. The molecule has 0 unspecified atom stereocenters. The number of carbonyl (C=O) groups is 1. The summed E-state index contributed by atoms with van der Waals surface area (Å²) >= 11 is 1.06. The molecule has 0 bridgehead atoms. The van der Waals surface area contributed by atoms with Crippen LogP contribution in [0.15, 0.2) is 35.7 Å². The Morgan fingerprint density at radius 1 is 1.56 bits per heavy atom. The number of rotatable bonds is 4. The van der Waals surface area contributed by atoms with E-state index in [0.717, 1.165) is 17.3 Å². The van der Waals surface area contributed by atoms with Gasteiger partial charge in [-0.3, -0.25) is 9.36 Å². The monoisotopic (exact) mass is 266 g/mol. The van der Waals surface area contributed by atoms with Crippen LogP contribution in [0.5, 0.6) is 0 Å². The van der Waals surface area contributed by atoms with E-state index in [1.54, 1.807) is 29.8 Å². The van der Waals surface area contributed by atoms with Crippen LogP contribution >= 0.6 is 11.8 Å². The van der Waals surface area contributed by atoms with Crippen LogP contribution in [0.3, 0.4) is 0 Å². The van der Waals surface area contributed by atoms with Crippen LogP contribution < -0.4 is 0 Å². The topological polar surface area (TPSA) is 55.1 Å². The Hall–Kier alpha value is -1.82. The van der Waals surface area contributed by atoms with Gasteiger partial charge in [0.2, 0.25) is 0 Å². The lowest BCUT2D eigenvalue weighted by atomic mass is 10.2. The molecular formula is C12H11FN2O2S. The SMILES string of the molecule is Cc1cccc(F)c1-n1ccnc1SCC(=O)O. The fraction of sp³-hybridized carbons (Fsp3) is 0.167. The van der Waals surface area contributed by atoms with E-state index in [0.29, 0.717) is 10.8 Å². The summed E-state index contributed by atoms with van der Waals surface area (Å²) in [7, 11) is 0. The first-order chi connectivity index (χ1) is 8.59. The van der Waals surface area contributed by atoms with Crippen molar-refractivity contribution >= 4 is 17.7 Å². The minimum absolute atomic E-state index is 0.107. The number of aliphatic carboxylic acids is 1. The van der Waals surface area contributed by atoms with Gasteiger partial charge < -0.3 is 5.11 Å². The summed E-state index contributed by atoms with van der Waals surface area (Å²) < 4.78 is 15.4. The molecule has 0 spiro atoms. The number of imidazole rings is 1. The van der Waals surface area contributed by atoms with Gasteiger partial charge in [-0.1, -0.05) is 23.9 Å². The molecule has 0 radical (unpaired) electrons. The summed E-state index contributed by atoms with van der Waals surface area (Å²) in [5.41, 5.74) is 1.17. The van der Waals surface area contributed by atoms with E-state index < -0.39 is 5.97 Å². The van der Waals surface area contributed by atoms with Crippen molar-refractivity contribution in [1.82, 2.24) is 9.55 Å². The van der Waals surface area contributed by atoms with Crippen molar-refractivity contribution in [3.8, 4) is 5.69 Å². The van der Waals surface area contributed by atoms with Crippen LogP contribution in [0, 0.1) is 12.7 Å². The zero-order valence-corrected chi connectivity index (χ0v) is 10.4. The Morgan fingerprint density at radius 3 is 3.00 bits per heavy atom. The average molecular weight is 266 g/mol. The molecule has 0 saturated carbocycles. The number of benzene rings is 1. The zero-order valence-electron chi connectivity index (χ0n) is 9.63. The Kier molecular flexibility index (Phi) is 3.66. The highest BCUT2D eigenvalue weighted by Crippen LogP contribution is 2.24. The summed E-state index contributed by atoms with van der Waals surface area (Å²) in [5, 5.41) is 9.11. The van der Waals surface area contributed by atoms with Crippen LogP contribution in [0.4, 0.5) is 4.39 Å². The van der Waals surface area contributed by atoms with Crippen molar-refractivity contribution in [2.75, 3.05) is 5.75 Å². The van der Waals surface area contributed by atoms with Gasteiger partial charge in [-0.15, -0.1) is 0 Å². The van der Waals surface area contributed by atoms with Gasteiger partial charge >= 0.3 is 5.97 Å². The first-order valence-corrected chi connectivity index (χ1v) is 6.21. The second-order valence-corrected chi connectivity index (χ2v) is 4.61. The fourth-order valence-electron chi connectivity index (χ4n) is 1.62. The molecule has 0 atom stereocenters. The van der Waals surface area contributed by atoms with Crippen molar-refractivity contribution < 1.29 is 14.3 Å². The number of para-hydroxylation sites is 1. The summed E-state index contributed by atoms with van der Waals surface area (Å²) in [5.74, 6) is -1.39. The van der Waals surface area contributed by atoms with E-state index in [1.165, 1.54) is 12.3 Å². The van der Waals surface area contributed by atoms with Crippen molar-refractivity contribution in [2.24, 2.45) is 0 Å². The molecule has 18 heavy (non-hydrogen) atoms. The largest absolute Gasteiger partial charge is 0.481 e. The second-order valence-electron chi connectivity index (χ2n) is 3.67. The van der Waals surface area contributed by atoms with E-state index in [-0.39, 0.29) is 11.6 Å². The molecule has 4 nitrogen and oxygen atoms in total. The van der Waals surface area contributed by atoms with Gasteiger partial charge in [0.15, 0.2) is 5.16 Å². The van der Waals surface area contributed by atoms with Crippen LogP contribution in [-0.2, 0) is 4.79 Å². The van der Waals surface area contributed by atoms with Gasteiger partial charge in [-0.05, 0) is 18.6 Å². The lowest BCUT2D eigenvalue weighted by molar-refractivity contribution is -0.133. The predicted molar refractivity (Wildman–Crippen MR) is 66.6 cm³/mol.